The van der Waals surface area contributed by atoms with Crippen LogP contribution in [0.25, 0.3) is 0 Å². The first-order valence-electron chi connectivity index (χ1n) is 9.88. The monoisotopic (exact) mass is 434 g/mol. The summed E-state index contributed by atoms with van der Waals surface area (Å²) in [5, 5.41) is 3.88. The lowest BCUT2D eigenvalue weighted by Gasteiger charge is -2.29. The first-order valence-corrected chi connectivity index (χ1v) is 10.6. The highest BCUT2D eigenvalue weighted by Crippen LogP contribution is 2.23. The van der Waals surface area contributed by atoms with Crippen molar-refractivity contribution in [2.75, 3.05) is 6.54 Å². The fourth-order valence-electron chi connectivity index (χ4n) is 2.96. The Morgan fingerprint density at radius 2 is 1.79 bits per heavy atom. The predicted molar refractivity (Wildman–Crippen MR) is 119 cm³/mol. The van der Waals surface area contributed by atoms with Crippen molar-refractivity contribution in [3.8, 4) is 0 Å². The van der Waals surface area contributed by atoms with Crippen molar-refractivity contribution in [1.29, 1.82) is 0 Å². The average Bonchev–Trinajstić information content (AvgIpc) is 2.70. The maximum Gasteiger partial charge on any atom is 0.242 e. The minimum Gasteiger partial charge on any atom is -0.354 e. The minimum atomic E-state index is -0.598. The number of rotatable bonds is 9. The summed E-state index contributed by atoms with van der Waals surface area (Å²) in [5.41, 5.74) is 3.03. The molecular formula is C23H28Cl2N2O2. The van der Waals surface area contributed by atoms with Crippen LogP contribution in [0.2, 0.25) is 10.0 Å². The van der Waals surface area contributed by atoms with Gasteiger partial charge in [-0.1, -0.05) is 66.0 Å². The molecule has 0 bridgehead atoms. The van der Waals surface area contributed by atoms with Crippen LogP contribution in [0.15, 0.2) is 42.5 Å². The largest absolute Gasteiger partial charge is 0.354 e. The molecule has 4 nitrogen and oxygen atoms in total. The summed E-state index contributed by atoms with van der Waals surface area (Å²) in [4.78, 5) is 27.2. The lowest BCUT2D eigenvalue weighted by molar-refractivity contribution is -0.140. The molecule has 6 heteroatoms. The second-order valence-electron chi connectivity index (χ2n) is 7.21. The number of aryl methyl sites for hydroxylation is 2. The van der Waals surface area contributed by atoms with Gasteiger partial charge in [0.1, 0.15) is 6.04 Å². The normalized spacial score (nSPS) is 11.8. The van der Waals surface area contributed by atoms with Gasteiger partial charge in [0.15, 0.2) is 0 Å². The number of halogens is 2. The molecule has 156 valence electrons. The van der Waals surface area contributed by atoms with E-state index in [1.165, 1.54) is 5.56 Å². The number of amides is 2. The summed E-state index contributed by atoms with van der Waals surface area (Å²) < 4.78 is 0. The third-order valence-electron chi connectivity index (χ3n) is 4.82. The van der Waals surface area contributed by atoms with E-state index < -0.39 is 6.04 Å². The molecule has 0 saturated carbocycles. The van der Waals surface area contributed by atoms with E-state index in [0.29, 0.717) is 29.4 Å². The van der Waals surface area contributed by atoms with Crippen LogP contribution in [-0.4, -0.2) is 29.3 Å². The van der Waals surface area contributed by atoms with Crippen molar-refractivity contribution in [2.45, 2.75) is 52.6 Å². The summed E-state index contributed by atoms with van der Waals surface area (Å²) in [6, 6.07) is 12.7. The van der Waals surface area contributed by atoms with E-state index in [0.717, 1.165) is 17.5 Å². The fraction of sp³-hybridized carbons (Fsp3) is 0.391. The van der Waals surface area contributed by atoms with Crippen molar-refractivity contribution in [2.24, 2.45) is 0 Å². The molecule has 1 atom stereocenters. The lowest BCUT2D eigenvalue weighted by Crippen LogP contribution is -2.47. The highest BCUT2D eigenvalue weighted by Gasteiger charge is 2.26. The smallest absolute Gasteiger partial charge is 0.242 e. The summed E-state index contributed by atoms with van der Waals surface area (Å²) in [5.74, 6) is -0.253. The van der Waals surface area contributed by atoms with Crippen LogP contribution in [0.5, 0.6) is 0 Å². The number of hydrogen-bond donors (Lipinski definition) is 1. The number of benzene rings is 2. The van der Waals surface area contributed by atoms with E-state index in [1.807, 2.05) is 38.1 Å². The maximum absolute atomic E-state index is 13.1. The molecule has 1 N–H and O–H groups in total. The first kappa shape index (κ1) is 23.2. The minimum absolute atomic E-state index is 0.0873. The SMILES string of the molecule is CCCNC(=O)[C@H](C)N(Cc1ccc(Cl)cc1Cl)C(=O)CCc1ccc(C)cc1. The third kappa shape index (κ3) is 7.06. The first-order chi connectivity index (χ1) is 13.8. The van der Waals surface area contributed by atoms with Crippen LogP contribution >= 0.6 is 23.2 Å². The van der Waals surface area contributed by atoms with E-state index in [9.17, 15) is 9.59 Å². The molecule has 29 heavy (non-hydrogen) atoms. The Bertz CT molecular complexity index is 837. The summed E-state index contributed by atoms with van der Waals surface area (Å²) in [6.07, 6.45) is 1.77. The predicted octanol–water partition coefficient (Wildman–Crippen LogP) is 5.18. The zero-order valence-corrected chi connectivity index (χ0v) is 18.7. The molecule has 0 aromatic heterocycles. The second kappa shape index (κ2) is 11.2. The van der Waals surface area contributed by atoms with Gasteiger partial charge in [0.25, 0.3) is 0 Å². The molecule has 0 aliphatic heterocycles. The van der Waals surface area contributed by atoms with Gasteiger partial charge < -0.3 is 10.2 Å². The molecule has 0 spiro atoms. The topological polar surface area (TPSA) is 49.4 Å². The number of nitrogens with zero attached hydrogens (tertiary/aromatic N) is 1. The molecule has 0 radical (unpaired) electrons. The van der Waals surface area contributed by atoms with Gasteiger partial charge in [0, 0.05) is 29.6 Å². The Balaban J connectivity index is 2.16. The van der Waals surface area contributed by atoms with E-state index >= 15 is 0 Å². The molecule has 0 heterocycles. The zero-order chi connectivity index (χ0) is 21.4. The van der Waals surface area contributed by atoms with Gasteiger partial charge in [-0.3, -0.25) is 9.59 Å². The Kier molecular flexibility index (Phi) is 8.99. The average molecular weight is 435 g/mol. The Morgan fingerprint density at radius 1 is 1.10 bits per heavy atom. The zero-order valence-electron chi connectivity index (χ0n) is 17.2. The molecular weight excluding hydrogens is 407 g/mol. The molecule has 0 saturated heterocycles. The van der Waals surface area contributed by atoms with Crippen molar-refractivity contribution in [3.63, 3.8) is 0 Å². The van der Waals surface area contributed by atoms with Crippen LogP contribution in [0.3, 0.4) is 0 Å². The van der Waals surface area contributed by atoms with Crippen LogP contribution in [0, 0.1) is 6.92 Å². The highest BCUT2D eigenvalue weighted by molar-refractivity contribution is 6.35. The van der Waals surface area contributed by atoms with Crippen LogP contribution in [-0.2, 0) is 22.6 Å². The van der Waals surface area contributed by atoms with Crippen LogP contribution < -0.4 is 5.32 Å². The molecule has 2 rings (SSSR count). The Morgan fingerprint density at radius 3 is 2.41 bits per heavy atom. The maximum atomic E-state index is 13.1. The molecule has 0 aliphatic carbocycles. The standard InChI is InChI=1S/C23H28Cl2N2O2/c1-4-13-26-23(29)17(3)27(15-19-10-11-20(24)14-21(19)25)22(28)12-9-18-7-5-16(2)6-8-18/h5-8,10-11,14,17H,4,9,12-13,15H2,1-3H3,(H,26,29)/t17-/m0/s1. The quantitative estimate of drug-likeness (QED) is 0.590. The van der Waals surface area contributed by atoms with E-state index in [-0.39, 0.29) is 18.4 Å². The van der Waals surface area contributed by atoms with Crippen LogP contribution in [0.4, 0.5) is 0 Å². The number of nitrogens with one attached hydrogen (secondary N) is 1. The van der Waals surface area contributed by atoms with Gasteiger partial charge in [-0.15, -0.1) is 0 Å². The van der Waals surface area contributed by atoms with Crippen molar-refractivity contribution >= 4 is 35.0 Å². The second-order valence-corrected chi connectivity index (χ2v) is 8.05. The Labute approximate surface area is 183 Å². The molecule has 0 aliphatic rings. The van der Waals surface area contributed by atoms with Crippen molar-refractivity contribution < 1.29 is 9.59 Å². The molecule has 0 unspecified atom stereocenters. The Hall–Kier alpha value is -2.04. The van der Waals surface area contributed by atoms with Crippen molar-refractivity contribution in [1.82, 2.24) is 10.2 Å². The molecule has 2 aromatic rings. The van der Waals surface area contributed by atoms with E-state index in [4.69, 9.17) is 23.2 Å². The van der Waals surface area contributed by atoms with Gasteiger partial charge in [0.05, 0.1) is 0 Å². The summed E-state index contributed by atoms with van der Waals surface area (Å²) >= 11 is 12.3. The van der Waals surface area contributed by atoms with Gasteiger partial charge in [-0.05, 0) is 49.9 Å². The van der Waals surface area contributed by atoms with Gasteiger partial charge >= 0.3 is 0 Å². The molecule has 2 amide bonds. The molecule has 2 aromatic carbocycles. The molecule has 0 fully saturated rings. The van der Waals surface area contributed by atoms with Crippen LogP contribution in [0.1, 0.15) is 43.4 Å². The highest BCUT2D eigenvalue weighted by atomic mass is 35.5. The number of carbonyl (C=O) groups excluding carboxylic acids is 2. The number of carbonyl (C=O) groups is 2. The van der Waals surface area contributed by atoms with Gasteiger partial charge in [-0.2, -0.15) is 0 Å². The summed E-state index contributed by atoms with van der Waals surface area (Å²) in [6.45, 7) is 6.60. The lowest BCUT2D eigenvalue weighted by atomic mass is 10.1. The van der Waals surface area contributed by atoms with Crippen molar-refractivity contribution in [3.05, 3.63) is 69.2 Å². The van der Waals surface area contributed by atoms with E-state index in [2.05, 4.69) is 5.32 Å². The fourth-order valence-corrected chi connectivity index (χ4v) is 3.43. The summed E-state index contributed by atoms with van der Waals surface area (Å²) in [7, 11) is 0. The van der Waals surface area contributed by atoms with Gasteiger partial charge in [-0.25, -0.2) is 0 Å². The van der Waals surface area contributed by atoms with E-state index in [1.54, 1.807) is 30.0 Å². The number of hydrogen-bond acceptors (Lipinski definition) is 2. The van der Waals surface area contributed by atoms with Gasteiger partial charge in [0.2, 0.25) is 11.8 Å². The third-order valence-corrected chi connectivity index (χ3v) is 5.41.